The van der Waals surface area contributed by atoms with E-state index in [0.29, 0.717) is 10.8 Å². The number of benzene rings is 1. The second-order valence-electron chi connectivity index (χ2n) is 4.46. The lowest BCUT2D eigenvalue weighted by Gasteiger charge is -2.03. The van der Waals surface area contributed by atoms with Crippen LogP contribution in [0.15, 0.2) is 58.2 Å². The van der Waals surface area contributed by atoms with Gasteiger partial charge in [-0.05, 0) is 24.3 Å². The van der Waals surface area contributed by atoms with E-state index in [0.717, 1.165) is 27.8 Å². The predicted molar refractivity (Wildman–Crippen MR) is 87.3 cm³/mol. The van der Waals surface area contributed by atoms with Gasteiger partial charge in [0.15, 0.2) is 0 Å². The first-order valence-electron chi connectivity index (χ1n) is 6.60. The summed E-state index contributed by atoms with van der Waals surface area (Å²) in [7, 11) is 1.64. The molecule has 0 amide bonds. The highest BCUT2D eigenvalue weighted by Crippen LogP contribution is 2.31. The zero-order valence-corrected chi connectivity index (χ0v) is 13.4. The van der Waals surface area contributed by atoms with E-state index in [-0.39, 0.29) is 0 Å². The fraction of sp³-hybridized carbons (Fsp3) is 0.125. The Balaban J connectivity index is 1.75. The van der Waals surface area contributed by atoms with Gasteiger partial charge in [0, 0.05) is 17.8 Å². The number of pyridine rings is 1. The maximum absolute atomic E-state index is 6.09. The molecule has 2 aromatic heterocycles. The average Bonchev–Trinajstić information content (AvgIpc) is 3.03. The van der Waals surface area contributed by atoms with Crippen LogP contribution in [0.3, 0.4) is 0 Å². The Bertz CT molecular complexity index is 776. The third kappa shape index (κ3) is 3.26. The number of hydrogen-bond donors (Lipinski definition) is 0. The van der Waals surface area contributed by atoms with Gasteiger partial charge in [-0.1, -0.05) is 40.7 Å². The van der Waals surface area contributed by atoms with E-state index >= 15 is 0 Å². The largest absolute Gasteiger partial charge is 0.496 e. The Kier molecular flexibility index (Phi) is 4.65. The molecule has 0 saturated heterocycles. The topological polar surface area (TPSA) is 48.2 Å². The van der Waals surface area contributed by atoms with Crippen molar-refractivity contribution in [2.75, 3.05) is 7.11 Å². The van der Waals surface area contributed by atoms with Crippen LogP contribution in [0.2, 0.25) is 5.02 Å². The Labute approximate surface area is 137 Å². The average molecular weight is 333 g/mol. The van der Waals surface area contributed by atoms with Crippen LogP contribution in [0.1, 0.15) is 5.76 Å². The van der Waals surface area contributed by atoms with Crippen molar-refractivity contribution >= 4 is 23.4 Å². The van der Waals surface area contributed by atoms with Crippen molar-refractivity contribution in [2.24, 2.45) is 0 Å². The summed E-state index contributed by atoms with van der Waals surface area (Å²) in [5.74, 6) is 2.13. The van der Waals surface area contributed by atoms with Crippen LogP contribution in [0.25, 0.3) is 11.3 Å². The molecular weight excluding hydrogens is 320 g/mol. The summed E-state index contributed by atoms with van der Waals surface area (Å²) in [5.41, 5.74) is 1.65. The summed E-state index contributed by atoms with van der Waals surface area (Å²) < 4.78 is 10.7. The molecule has 0 saturated carbocycles. The molecule has 0 bridgehead atoms. The van der Waals surface area contributed by atoms with Crippen LogP contribution >= 0.6 is 23.4 Å². The molecule has 0 aliphatic carbocycles. The van der Waals surface area contributed by atoms with E-state index in [1.165, 1.54) is 11.8 Å². The second kappa shape index (κ2) is 6.85. The monoisotopic (exact) mass is 332 g/mol. The lowest BCUT2D eigenvalue weighted by molar-refractivity contribution is 0.395. The highest BCUT2D eigenvalue weighted by molar-refractivity contribution is 7.98. The summed E-state index contributed by atoms with van der Waals surface area (Å²) in [6, 6.07) is 13.2. The number of methoxy groups -OCH3 is 1. The number of halogens is 1. The van der Waals surface area contributed by atoms with Crippen molar-refractivity contribution in [2.45, 2.75) is 10.8 Å². The van der Waals surface area contributed by atoms with Crippen molar-refractivity contribution in [3.8, 4) is 17.0 Å². The molecule has 0 unspecified atom stereocenters. The van der Waals surface area contributed by atoms with Gasteiger partial charge in [0.2, 0.25) is 0 Å². The first kappa shape index (κ1) is 14.9. The maximum Gasteiger partial charge on any atom is 0.147 e. The summed E-state index contributed by atoms with van der Waals surface area (Å²) in [6.45, 7) is 0. The van der Waals surface area contributed by atoms with Gasteiger partial charge >= 0.3 is 0 Å². The number of hydrogen-bond acceptors (Lipinski definition) is 5. The molecule has 0 fully saturated rings. The number of thioether (sulfide) groups is 1. The molecule has 3 rings (SSSR count). The number of para-hydroxylation sites is 1. The van der Waals surface area contributed by atoms with E-state index in [1.807, 2.05) is 36.4 Å². The zero-order chi connectivity index (χ0) is 15.4. The molecule has 6 heteroatoms. The number of ether oxygens (including phenoxy) is 1. The minimum absolute atomic E-state index is 0.610. The van der Waals surface area contributed by atoms with Crippen molar-refractivity contribution in [3.05, 3.63) is 59.4 Å². The molecule has 1 aromatic carbocycles. The Morgan fingerprint density at radius 1 is 1.23 bits per heavy atom. The Hall–Kier alpha value is -1.98. The highest BCUT2D eigenvalue weighted by Gasteiger charge is 2.12. The smallest absolute Gasteiger partial charge is 0.147 e. The number of nitrogens with zero attached hydrogens (tertiary/aromatic N) is 2. The Morgan fingerprint density at radius 2 is 2.09 bits per heavy atom. The van der Waals surface area contributed by atoms with Gasteiger partial charge in [-0.3, -0.25) is 0 Å². The van der Waals surface area contributed by atoms with E-state index < -0.39 is 0 Å². The molecular formula is C16H13ClN2O2S. The van der Waals surface area contributed by atoms with E-state index in [9.17, 15) is 0 Å². The molecule has 3 aromatic rings. The SMILES string of the molecule is COc1ccccc1-c1cc(CSc2ncccc2Cl)on1. The van der Waals surface area contributed by atoms with Gasteiger partial charge < -0.3 is 9.26 Å². The fourth-order valence-electron chi connectivity index (χ4n) is 1.98. The van der Waals surface area contributed by atoms with Crippen molar-refractivity contribution in [3.63, 3.8) is 0 Å². The molecule has 22 heavy (non-hydrogen) atoms. The molecule has 4 nitrogen and oxygen atoms in total. The van der Waals surface area contributed by atoms with Crippen LogP contribution in [0.4, 0.5) is 0 Å². The quantitative estimate of drug-likeness (QED) is 0.634. The van der Waals surface area contributed by atoms with E-state index in [1.54, 1.807) is 19.4 Å². The molecule has 0 aliphatic heterocycles. The van der Waals surface area contributed by atoms with Crippen LogP contribution in [0.5, 0.6) is 5.75 Å². The lowest BCUT2D eigenvalue weighted by Crippen LogP contribution is -1.86. The molecule has 0 spiro atoms. The summed E-state index contributed by atoms with van der Waals surface area (Å²) >= 11 is 7.60. The maximum atomic E-state index is 6.09. The number of aromatic nitrogens is 2. The highest BCUT2D eigenvalue weighted by atomic mass is 35.5. The van der Waals surface area contributed by atoms with Gasteiger partial charge in [-0.25, -0.2) is 4.98 Å². The minimum atomic E-state index is 0.610. The lowest BCUT2D eigenvalue weighted by atomic mass is 10.1. The van der Waals surface area contributed by atoms with Crippen LogP contribution < -0.4 is 4.74 Å². The van der Waals surface area contributed by atoms with Crippen LogP contribution in [-0.4, -0.2) is 17.3 Å². The third-order valence-corrected chi connectivity index (χ3v) is 4.46. The van der Waals surface area contributed by atoms with Crippen molar-refractivity contribution in [1.29, 1.82) is 0 Å². The normalized spacial score (nSPS) is 10.6. The minimum Gasteiger partial charge on any atom is -0.496 e. The second-order valence-corrected chi connectivity index (χ2v) is 5.83. The molecule has 0 radical (unpaired) electrons. The molecule has 0 atom stereocenters. The fourth-order valence-corrected chi connectivity index (χ4v) is 3.02. The van der Waals surface area contributed by atoms with E-state index in [2.05, 4.69) is 10.1 Å². The summed E-state index contributed by atoms with van der Waals surface area (Å²) in [4.78, 5) is 4.23. The first-order chi connectivity index (χ1) is 10.8. The van der Waals surface area contributed by atoms with Crippen LogP contribution in [-0.2, 0) is 5.75 Å². The molecule has 112 valence electrons. The van der Waals surface area contributed by atoms with Crippen molar-refractivity contribution < 1.29 is 9.26 Å². The molecule has 2 heterocycles. The zero-order valence-electron chi connectivity index (χ0n) is 11.8. The predicted octanol–water partition coefficient (Wildman–Crippen LogP) is 4.69. The summed E-state index contributed by atoms with van der Waals surface area (Å²) in [5, 5.41) is 5.52. The van der Waals surface area contributed by atoms with Crippen LogP contribution in [0, 0.1) is 0 Å². The third-order valence-electron chi connectivity index (χ3n) is 3.02. The van der Waals surface area contributed by atoms with Crippen molar-refractivity contribution in [1.82, 2.24) is 10.1 Å². The van der Waals surface area contributed by atoms with Gasteiger partial charge in [-0.2, -0.15) is 0 Å². The standard InChI is InChI=1S/C16H13ClN2O2S/c1-20-15-7-3-2-5-12(15)14-9-11(21-19-14)10-22-16-13(17)6-4-8-18-16/h2-9H,10H2,1H3. The molecule has 0 N–H and O–H groups in total. The first-order valence-corrected chi connectivity index (χ1v) is 7.96. The molecule has 0 aliphatic rings. The summed E-state index contributed by atoms with van der Waals surface area (Å²) in [6.07, 6.45) is 1.72. The van der Waals surface area contributed by atoms with Gasteiger partial charge in [-0.15, -0.1) is 0 Å². The Morgan fingerprint density at radius 3 is 2.91 bits per heavy atom. The van der Waals surface area contributed by atoms with Gasteiger partial charge in [0.05, 0.1) is 17.9 Å². The van der Waals surface area contributed by atoms with Gasteiger partial charge in [0.25, 0.3) is 0 Å². The number of rotatable bonds is 5. The van der Waals surface area contributed by atoms with E-state index in [4.69, 9.17) is 20.9 Å². The van der Waals surface area contributed by atoms with Gasteiger partial charge in [0.1, 0.15) is 22.2 Å².